The number of allylic oxidation sites excluding steroid dienone is 1. The summed E-state index contributed by atoms with van der Waals surface area (Å²) in [5.41, 5.74) is 0.756. The van der Waals surface area contributed by atoms with Crippen molar-refractivity contribution in [2.24, 2.45) is 11.8 Å². The second kappa shape index (κ2) is 4.22. The van der Waals surface area contributed by atoms with Crippen molar-refractivity contribution in [2.75, 3.05) is 0 Å². The Hall–Kier alpha value is -0.720. The number of rotatable bonds is 4. The van der Waals surface area contributed by atoms with E-state index in [2.05, 4.69) is 33.9 Å². The van der Waals surface area contributed by atoms with E-state index in [1.807, 2.05) is 0 Å². The lowest BCUT2D eigenvalue weighted by Crippen LogP contribution is -2.05. The molecule has 1 nitrogen and oxygen atoms in total. The van der Waals surface area contributed by atoms with E-state index < -0.39 is 0 Å². The van der Waals surface area contributed by atoms with Gasteiger partial charge in [0.1, 0.15) is 5.76 Å². The van der Waals surface area contributed by atoms with Crippen LogP contribution in [0.1, 0.15) is 27.2 Å². The van der Waals surface area contributed by atoms with E-state index in [0.29, 0.717) is 11.8 Å². The van der Waals surface area contributed by atoms with E-state index in [-0.39, 0.29) is 5.76 Å². The van der Waals surface area contributed by atoms with Crippen LogP contribution in [-0.4, -0.2) is 5.11 Å². The fourth-order valence-electron chi connectivity index (χ4n) is 0.742. The van der Waals surface area contributed by atoms with Crippen molar-refractivity contribution in [1.82, 2.24) is 0 Å². The molecule has 0 bridgehead atoms. The lowest BCUT2D eigenvalue weighted by atomic mass is 9.91. The quantitative estimate of drug-likeness (QED) is 0.486. The molecule has 0 amide bonds. The van der Waals surface area contributed by atoms with E-state index >= 15 is 0 Å². The third kappa shape index (κ3) is 3.87. The molecule has 1 atom stereocenters. The molecule has 0 aromatic carbocycles. The Bertz CT molecular complexity index is 156. The topological polar surface area (TPSA) is 20.2 Å². The van der Waals surface area contributed by atoms with Gasteiger partial charge in [-0.15, -0.1) is 0 Å². The standard InChI is InChI=1S/C10H18O/c1-7(2)8(3)6-9(4)10(5)11/h7-8,11H,4-6H2,1-3H3/t8-/m1/s1. The molecule has 0 saturated carbocycles. The summed E-state index contributed by atoms with van der Waals surface area (Å²) in [5, 5.41) is 8.96. The lowest BCUT2D eigenvalue weighted by molar-refractivity contribution is 0.383. The van der Waals surface area contributed by atoms with Crippen molar-refractivity contribution >= 4 is 0 Å². The maximum atomic E-state index is 8.96. The summed E-state index contributed by atoms with van der Waals surface area (Å²) in [7, 11) is 0. The van der Waals surface area contributed by atoms with Crippen LogP contribution < -0.4 is 0 Å². The highest BCUT2D eigenvalue weighted by molar-refractivity contribution is 5.17. The summed E-state index contributed by atoms with van der Waals surface area (Å²) < 4.78 is 0. The van der Waals surface area contributed by atoms with Gasteiger partial charge < -0.3 is 5.11 Å². The minimum atomic E-state index is 0.123. The normalized spacial score (nSPS) is 13.1. The van der Waals surface area contributed by atoms with Crippen LogP contribution in [0.2, 0.25) is 0 Å². The van der Waals surface area contributed by atoms with Crippen molar-refractivity contribution in [3.8, 4) is 0 Å². The Morgan fingerprint density at radius 2 is 1.73 bits per heavy atom. The van der Waals surface area contributed by atoms with Crippen LogP contribution in [0.25, 0.3) is 0 Å². The molecule has 1 heteroatoms. The molecular weight excluding hydrogens is 136 g/mol. The summed E-state index contributed by atoms with van der Waals surface area (Å²) >= 11 is 0. The molecule has 0 fully saturated rings. The van der Waals surface area contributed by atoms with Crippen LogP contribution >= 0.6 is 0 Å². The Balaban J connectivity index is 3.85. The van der Waals surface area contributed by atoms with E-state index in [1.54, 1.807) is 0 Å². The van der Waals surface area contributed by atoms with Crippen LogP contribution in [0.3, 0.4) is 0 Å². The van der Waals surface area contributed by atoms with Gasteiger partial charge in [0, 0.05) is 0 Å². The maximum absolute atomic E-state index is 8.96. The molecule has 0 heterocycles. The molecule has 0 saturated heterocycles. The number of hydrogen-bond donors (Lipinski definition) is 1. The third-order valence-corrected chi connectivity index (χ3v) is 2.11. The van der Waals surface area contributed by atoms with Crippen LogP contribution in [0.5, 0.6) is 0 Å². The predicted molar refractivity (Wildman–Crippen MR) is 49.5 cm³/mol. The van der Waals surface area contributed by atoms with E-state index in [9.17, 15) is 0 Å². The van der Waals surface area contributed by atoms with Crippen molar-refractivity contribution in [3.05, 3.63) is 24.5 Å². The molecule has 0 aromatic heterocycles. The summed E-state index contributed by atoms with van der Waals surface area (Å²) in [4.78, 5) is 0. The molecule has 0 unspecified atom stereocenters. The zero-order valence-corrected chi connectivity index (χ0v) is 7.72. The van der Waals surface area contributed by atoms with Crippen LogP contribution in [0.15, 0.2) is 24.5 Å². The zero-order valence-electron chi connectivity index (χ0n) is 7.72. The highest BCUT2D eigenvalue weighted by atomic mass is 16.3. The second-order valence-corrected chi connectivity index (χ2v) is 3.48. The summed E-state index contributed by atoms with van der Waals surface area (Å²) in [6, 6.07) is 0. The molecule has 11 heavy (non-hydrogen) atoms. The monoisotopic (exact) mass is 154 g/mol. The van der Waals surface area contributed by atoms with Gasteiger partial charge in [-0.2, -0.15) is 0 Å². The van der Waals surface area contributed by atoms with Crippen LogP contribution in [-0.2, 0) is 0 Å². The average Bonchev–Trinajstić information content (AvgIpc) is 1.87. The van der Waals surface area contributed by atoms with Gasteiger partial charge in [-0.25, -0.2) is 0 Å². The first kappa shape index (κ1) is 10.3. The second-order valence-electron chi connectivity index (χ2n) is 3.48. The number of aliphatic hydroxyl groups is 1. The summed E-state index contributed by atoms with van der Waals surface area (Å²) in [6.45, 7) is 13.6. The molecular formula is C10H18O. The first-order valence-corrected chi connectivity index (χ1v) is 4.01. The van der Waals surface area contributed by atoms with Crippen molar-refractivity contribution in [1.29, 1.82) is 0 Å². The van der Waals surface area contributed by atoms with Gasteiger partial charge in [-0.1, -0.05) is 33.9 Å². The van der Waals surface area contributed by atoms with Gasteiger partial charge in [0.2, 0.25) is 0 Å². The van der Waals surface area contributed by atoms with E-state index in [1.165, 1.54) is 0 Å². The lowest BCUT2D eigenvalue weighted by Gasteiger charge is -2.15. The van der Waals surface area contributed by atoms with Crippen molar-refractivity contribution in [2.45, 2.75) is 27.2 Å². The molecule has 0 aromatic rings. The van der Waals surface area contributed by atoms with Gasteiger partial charge in [0.15, 0.2) is 0 Å². The largest absolute Gasteiger partial charge is 0.508 e. The summed E-state index contributed by atoms with van der Waals surface area (Å²) in [6.07, 6.45) is 0.840. The zero-order chi connectivity index (χ0) is 9.02. The van der Waals surface area contributed by atoms with Crippen LogP contribution in [0, 0.1) is 11.8 Å². The Morgan fingerprint density at radius 1 is 1.27 bits per heavy atom. The van der Waals surface area contributed by atoms with Gasteiger partial charge in [0.05, 0.1) is 0 Å². The van der Waals surface area contributed by atoms with Gasteiger partial charge in [0.25, 0.3) is 0 Å². The van der Waals surface area contributed by atoms with Gasteiger partial charge in [-0.05, 0) is 23.8 Å². The molecule has 0 aliphatic carbocycles. The molecule has 0 aliphatic rings. The number of aliphatic hydroxyl groups excluding tert-OH is 1. The van der Waals surface area contributed by atoms with Gasteiger partial charge in [-0.3, -0.25) is 0 Å². The van der Waals surface area contributed by atoms with Gasteiger partial charge >= 0.3 is 0 Å². The smallest absolute Gasteiger partial charge is 0.111 e. The fraction of sp³-hybridized carbons (Fsp3) is 0.600. The SMILES string of the molecule is C=C(O)C(=C)C[C@@H](C)C(C)C. The fourth-order valence-corrected chi connectivity index (χ4v) is 0.742. The Labute approximate surface area is 69.4 Å². The molecule has 0 radical (unpaired) electrons. The van der Waals surface area contributed by atoms with E-state index in [0.717, 1.165) is 12.0 Å². The minimum absolute atomic E-state index is 0.123. The van der Waals surface area contributed by atoms with Crippen molar-refractivity contribution in [3.63, 3.8) is 0 Å². The molecule has 0 rings (SSSR count). The Morgan fingerprint density at radius 3 is 2.00 bits per heavy atom. The summed E-state index contributed by atoms with van der Waals surface area (Å²) in [5.74, 6) is 1.31. The average molecular weight is 154 g/mol. The van der Waals surface area contributed by atoms with Crippen LogP contribution in [0.4, 0.5) is 0 Å². The first-order valence-electron chi connectivity index (χ1n) is 4.01. The third-order valence-electron chi connectivity index (χ3n) is 2.11. The molecule has 0 aliphatic heterocycles. The molecule has 0 spiro atoms. The highest BCUT2D eigenvalue weighted by Crippen LogP contribution is 2.20. The van der Waals surface area contributed by atoms with E-state index in [4.69, 9.17) is 5.11 Å². The van der Waals surface area contributed by atoms with Crippen molar-refractivity contribution < 1.29 is 5.11 Å². The Kier molecular flexibility index (Phi) is 3.94. The molecule has 64 valence electrons. The highest BCUT2D eigenvalue weighted by Gasteiger charge is 2.09. The first-order chi connectivity index (χ1) is 4.95. The minimum Gasteiger partial charge on any atom is -0.508 e. The predicted octanol–water partition coefficient (Wildman–Crippen LogP) is 3.30. The number of hydrogen-bond acceptors (Lipinski definition) is 1. The molecule has 1 N–H and O–H groups in total. The maximum Gasteiger partial charge on any atom is 0.111 e.